The first kappa shape index (κ1) is 25.5. The van der Waals surface area contributed by atoms with Gasteiger partial charge in [0.1, 0.15) is 0 Å². The molecule has 0 bridgehead atoms. The van der Waals surface area contributed by atoms with Crippen LogP contribution in [-0.4, -0.2) is 14.2 Å². The molecular weight excluding hydrogens is 448 g/mol. The van der Waals surface area contributed by atoms with Crippen molar-refractivity contribution in [3.8, 4) is 0 Å². The molecule has 178 valence electrons. The van der Waals surface area contributed by atoms with Crippen molar-refractivity contribution in [2.75, 3.05) is 5.75 Å². The molecule has 0 N–H and O–H groups in total. The van der Waals surface area contributed by atoms with Crippen molar-refractivity contribution in [3.05, 3.63) is 90.5 Å². The summed E-state index contributed by atoms with van der Waals surface area (Å²) in [6.45, 7) is 4.30. The van der Waals surface area contributed by atoms with Gasteiger partial charge in [0.2, 0.25) is 0 Å². The zero-order valence-corrected chi connectivity index (χ0v) is 21.4. The van der Waals surface area contributed by atoms with Crippen LogP contribution in [0.2, 0.25) is 0 Å². The van der Waals surface area contributed by atoms with Crippen LogP contribution in [0.5, 0.6) is 0 Å². The maximum Gasteiger partial charge on any atom is 0.277 e. The Morgan fingerprint density at radius 1 is 0.606 bits per heavy atom. The van der Waals surface area contributed by atoms with Gasteiger partial charge in [-0.05, 0) is 65.1 Å². The van der Waals surface area contributed by atoms with E-state index in [1.165, 1.54) is 18.4 Å². The van der Waals surface area contributed by atoms with E-state index >= 15 is 0 Å². The van der Waals surface area contributed by atoms with Crippen LogP contribution in [0.1, 0.15) is 57.9 Å². The van der Waals surface area contributed by atoms with Crippen molar-refractivity contribution >= 4 is 20.4 Å². The summed E-state index contributed by atoms with van der Waals surface area (Å²) in [4.78, 5) is 2.66. The van der Waals surface area contributed by atoms with Crippen LogP contribution < -0.4 is 0 Å². The highest BCUT2D eigenvalue weighted by molar-refractivity contribution is 8.33. The van der Waals surface area contributed by atoms with E-state index in [0.29, 0.717) is 6.42 Å². The fraction of sp³-hybridized carbons (Fsp3) is 0.357. The fourth-order valence-corrected chi connectivity index (χ4v) is 9.35. The van der Waals surface area contributed by atoms with Crippen molar-refractivity contribution in [2.45, 2.75) is 73.5 Å². The van der Waals surface area contributed by atoms with Crippen LogP contribution in [-0.2, 0) is 20.2 Å². The maximum atomic E-state index is 13.4. The molecule has 0 aliphatic heterocycles. The van der Waals surface area contributed by atoms with Gasteiger partial charge in [-0.2, -0.15) is 8.42 Å². The molecule has 0 unspecified atom stereocenters. The average Bonchev–Trinajstić information content (AvgIpc) is 2.86. The highest BCUT2D eigenvalue weighted by Crippen LogP contribution is 2.69. The molecule has 3 rings (SSSR count). The number of aryl methyl sites for hydroxylation is 1. The second kappa shape index (κ2) is 12.4. The molecule has 33 heavy (non-hydrogen) atoms. The molecule has 0 heterocycles. The number of rotatable bonds is 13. The highest BCUT2D eigenvalue weighted by Gasteiger charge is 2.37. The Bertz CT molecular complexity index is 1020. The maximum absolute atomic E-state index is 13.4. The predicted molar refractivity (Wildman–Crippen MR) is 139 cm³/mol. The SMILES string of the molecule is CCCCCCCCS(=O)(=O)OS(c1ccccc1)(c1ccccc1)c1ccc(CC)cc1. The Balaban J connectivity index is 2.02. The minimum absolute atomic E-state index is 0.0422. The van der Waals surface area contributed by atoms with E-state index in [9.17, 15) is 8.42 Å². The standard InChI is InChI=1S/C28H36O3S2/c1-3-5-6-7-8-15-24-32(29,30)31-33(26-16-11-9-12-17-26,27-18-13-10-14-19-27)28-22-20-25(4-2)21-23-28/h9-14,16-23H,3-8,15,24H2,1-2H3. The smallest absolute Gasteiger partial charge is 0.207 e. The lowest BCUT2D eigenvalue weighted by atomic mass is 10.1. The summed E-state index contributed by atoms with van der Waals surface area (Å²) in [5, 5.41) is 0. The molecule has 0 aromatic heterocycles. The molecule has 0 aliphatic rings. The second-order valence-electron chi connectivity index (χ2n) is 8.28. The minimum atomic E-state index is -3.76. The molecule has 3 aromatic rings. The van der Waals surface area contributed by atoms with Gasteiger partial charge in [0.15, 0.2) is 0 Å². The van der Waals surface area contributed by atoms with Gasteiger partial charge >= 0.3 is 0 Å². The van der Waals surface area contributed by atoms with E-state index in [1.54, 1.807) is 0 Å². The molecule has 3 aromatic carbocycles. The first-order valence-corrected chi connectivity index (χ1v) is 15.1. The summed E-state index contributed by atoms with van der Waals surface area (Å²) in [6.07, 6.45) is 7.06. The number of hydrogen-bond acceptors (Lipinski definition) is 3. The molecule has 0 spiro atoms. The normalized spacial score (nSPS) is 12.5. The molecule has 0 fully saturated rings. The number of benzene rings is 3. The predicted octanol–water partition coefficient (Wildman–Crippen LogP) is 8.15. The van der Waals surface area contributed by atoms with E-state index < -0.39 is 20.4 Å². The van der Waals surface area contributed by atoms with Gasteiger partial charge in [-0.3, -0.25) is 0 Å². The van der Waals surface area contributed by atoms with Crippen LogP contribution in [0.4, 0.5) is 0 Å². The number of unbranched alkanes of at least 4 members (excludes halogenated alkanes) is 5. The third-order valence-corrected chi connectivity index (χ3v) is 11.0. The molecule has 3 nitrogen and oxygen atoms in total. The van der Waals surface area contributed by atoms with E-state index in [0.717, 1.165) is 40.4 Å². The molecule has 0 aliphatic carbocycles. The van der Waals surface area contributed by atoms with Gasteiger partial charge < -0.3 is 0 Å². The third-order valence-electron chi connectivity index (χ3n) is 5.77. The minimum Gasteiger partial charge on any atom is -0.207 e. The van der Waals surface area contributed by atoms with E-state index in [-0.39, 0.29) is 5.75 Å². The van der Waals surface area contributed by atoms with E-state index in [4.69, 9.17) is 3.63 Å². The van der Waals surface area contributed by atoms with Gasteiger partial charge in [-0.25, -0.2) is 3.63 Å². The first-order chi connectivity index (χ1) is 16.0. The zero-order valence-electron chi connectivity index (χ0n) is 19.8. The summed E-state index contributed by atoms with van der Waals surface area (Å²) in [7, 11) is -6.21. The third kappa shape index (κ3) is 6.72. The Kier molecular flexibility index (Phi) is 9.60. The Labute approximate surface area is 201 Å². The van der Waals surface area contributed by atoms with Crippen LogP contribution in [0.3, 0.4) is 0 Å². The molecule has 0 saturated carbocycles. The monoisotopic (exact) mass is 484 g/mol. The average molecular weight is 485 g/mol. The fourth-order valence-electron chi connectivity index (χ4n) is 3.92. The quantitative estimate of drug-likeness (QED) is 0.230. The Hall–Kier alpha value is -2.08. The van der Waals surface area contributed by atoms with Crippen molar-refractivity contribution in [2.24, 2.45) is 0 Å². The second-order valence-corrected chi connectivity index (χ2v) is 12.9. The van der Waals surface area contributed by atoms with Crippen LogP contribution in [0.25, 0.3) is 0 Å². The number of hydrogen-bond donors (Lipinski definition) is 0. The Morgan fingerprint density at radius 2 is 1.09 bits per heavy atom. The van der Waals surface area contributed by atoms with Crippen LogP contribution in [0, 0.1) is 0 Å². The van der Waals surface area contributed by atoms with Crippen LogP contribution in [0.15, 0.2) is 99.6 Å². The summed E-state index contributed by atoms with van der Waals surface area (Å²) in [5.41, 5.74) is 1.21. The summed E-state index contributed by atoms with van der Waals surface area (Å²) >= 11 is 0. The summed E-state index contributed by atoms with van der Waals surface area (Å²) < 4.78 is 33.1. The summed E-state index contributed by atoms with van der Waals surface area (Å²) in [6, 6.07) is 27.8. The van der Waals surface area contributed by atoms with Gasteiger partial charge in [-0.15, -0.1) is 0 Å². The van der Waals surface area contributed by atoms with Crippen molar-refractivity contribution in [3.63, 3.8) is 0 Å². The molecule has 0 saturated heterocycles. The van der Waals surface area contributed by atoms with Gasteiger partial charge in [0, 0.05) is 14.7 Å². The molecular formula is C28H36O3S2. The van der Waals surface area contributed by atoms with Crippen molar-refractivity contribution in [1.82, 2.24) is 0 Å². The lowest BCUT2D eigenvalue weighted by molar-refractivity contribution is 0.503. The zero-order chi connectivity index (χ0) is 23.6. The molecule has 0 atom stereocenters. The lowest BCUT2D eigenvalue weighted by Gasteiger charge is -2.39. The lowest BCUT2D eigenvalue weighted by Crippen LogP contribution is -2.17. The van der Waals surface area contributed by atoms with E-state index in [2.05, 4.69) is 26.0 Å². The summed E-state index contributed by atoms with van der Waals surface area (Å²) in [5.74, 6) is 0.0422. The topological polar surface area (TPSA) is 43.4 Å². The van der Waals surface area contributed by atoms with Crippen molar-refractivity contribution in [1.29, 1.82) is 0 Å². The van der Waals surface area contributed by atoms with Gasteiger partial charge in [-0.1, -0.05) is 94.5 Å². The highest BCUT2D eigenvalue weighted by atomic mass is 32.3. The largest absolute Gasteiger partial charge is 0.277 e. The Morgan fingerprint density at radius 3 is 1.61 bits per heavy atom. The van der Waals surface area contributed by atoms with Crippen LogP contribution >= 0.6 is 10.3 Å². The molecule has 5 heteroatoms. The van der Waals surface area contributed by atoms with E-state index in [1.807, 2.05) is 72.8 Å². The van der Waals surface area contributed by atoms with Gasteiger partial charge in [0.05, 0.1) is 5.75 Å². The van der Waals surface area contributed by atoms with Crippen molar-refractivity contribution < 1.29 is 12.0 Å². The molecule has 0 amide bonds. The van der Waals surface area contributed by atoms with Gasteiger partial charge in [0.25, 0.3) is 10.1 Å². The molecule has 0 radical (unpaired) electrons. The first-order valence-electron chi connectivity index (χ1n) is 12.0.